The van der Waals surface area contributed by atoms with Gasteiger partial charge in [-0.2, -0.15) is 0 Å². The summed E-state index contributed by atoms with van der Waals surface area (Å²) in [6.45, 7) is 3.77. The maximum Gasteiger partial charge on any atom is 0.251 e. The number of nitrogens with one attached hydrogen (secondary N) is 2. The van der Waals surface area contributed by atoms with Crippen LogP contribution < -0.4 is 10.6 Å². The van der Waals surface area contributed by atoms with Crippen LogP contribution in [0.1, 0.15) is 46.0 Å². The van der Waals surface area contributed by atoms with Crippen molar-refractivity contribution in [3.05, 3.63) is 46.2 Å². The SMILES string of the molecule is CC1(C)CC(=O)c2sc(NC(=O)CNC(=O)c3ccc(F)cc3)nc2C1. The van der Waals surface area contributed by atoms with Gasteiger partial charge in [0.05, 0.1) is 17.1 Å². The molecule has 0 saturated carbocycles. The van der Waals surface area contributed by atoms with Gasteiger partial charge >= 0.3 is 0 Å². The van der Waals surface area contributed by atoms with E-state index in [9.17, 15) is 18.8 Å². The highest BCUT2D eigenvalue weighted by atomic mass is 32.1. The summed E-state index contributed by atoms with van der Waals surface area (Å²) in [5.74, 6) is -1.32. The molecule has 0 bridgehead atoms. The number of thiazole rings is 1. The van der Waals surface area contributed by atoms with Crippen LogP contribution in [-0.2, 0) is 11.2 Å². The molecule has 26 heavy (non-hydrogen) atoms. The van der Waals surface area contributed by atoms with E-state index in [0.29, 0.717) is 28.5 Å². The lowest BCUT2D eigenvalue weighted by Crippen LogP contribution is -2.32. The molecule has 0 radical (unpaired) electrons. The van der Waals surface area contributed by atoms with Crippen molar-refractivity contribution in [2.45, 2.75) is 26.7 Å². The summed E-state index contributed by atoms with van der Waals surface area (Å²) in [4.78, 5) is 41.0. The van der Waals surface area contributed by atoms with Crippen LogP contribution in [-0.4, -0.2) is 29.1 Å². The molecule has 2 aromatic rings. The highest BCUT2D eigenvalue weighted by molar-refractivity contribution is 7.17. The van der Waals surface area contributed by atoms with Crippen LogP contribution in [0, 0.1) is 11.2 Å². The minimum Gasteiger partial charge on any atom is -0.343 e. The molecule has 0 unspecified atom stereocenters. The lowest BCUT2D eigenvalue weighted by atomic mass is 9.78. The fourth-order valence-corrected chi connectivity index (χ4v) is 3.74. The van der Waals surface area contributed by atoms with Gasteiger partial charge in [0, 0.05) is 12.0 Å². The summed E-state index contributed by atoms with van der Waals surface area (Å²) >= 11 is 1.16. The van der Waals surface area contributed by atoms with Gasteiger partial charge in [-0.25, -0.2) is 9.37 Å². The van der Waals surface area contributed by atoms with Gasteiger partial charge < -0.3 is 10.6 Å². The number of halogens is 1. The van der Waals surface area contributed by atoms with E-state index in [0.717, 1.165) is 11.3 Å². The maximum absolute atomic E-state index is 12.9. The number of carbonyl (C=O) groups is 3. The van der Waals surface area contributed by atoms with Crippen LogP contribution in [0.5, 0.6) is 0 Å². The molecule has 3 rings (SSSR count). The van der Waals surface area contributed by atoms with Gasteiger partial charge in [0.25, 0.3) is 5.91 Å². The summed E-state index contributed by atoms with van der Waals surface area (Å²) in [6.07, 6.45) is 1.14. The van der Waals surface area contributed by atoms with Gasteiger partial charge in [-0.1, -0.05) is 25.2 Å². The molecule has 1 aliphatic rings. The van der Waals surface area contributed by atoms with E-state index in [2.05, 4.69) is 15.6 Å². The van der Waals surface area contributed by atoms with E-state index in [-0.39, 0.29) is 23.3 Å². The van der Waals surface area contributed by atoms with Gasteiger partial charge in [-0.15, -0.1) is 0 Å². The second kappa shape index (κ2) is 6.95. The van der Waals surface area contributed by atoms with Crippen molar-refractivity contribution in [2.24, 2.45) is 5.41 Å². The number of carbonyl (C=O) groups excluding carboxylic acids is 3. The lowest BCUT2D eigenvalue weighted by molar-refractivity contribution is -0.115. The maximum atomic E-state index is 12.9. The van der Waals surface area contributed by atoms with Gasteiger partial charge in [-0.3, -0.25) is 14.4 Å². The van der Waals surface area contributed by atoms with E-state index in [4.69, 9.17) is 0 Å². The fraction of sp³-hybridized carbons (Fsp3) is 0.333. The number of aromatic nitrogens is 1. The Hall–Kier alpha value is -2.61. The molecule has 0 saturated heterocycles. The molecule has 1 aliphatic carbocycles. The Bertz CT molecular complexity index is 874. The number of Topliss-reactive ketones (excluding diaryl/α,β-unsaturated/α-hetero) is 1. The minimum atomic E-state index is -0.476. The summed E-state index contributed by atoms with van der Waals surface area (Å²) < 4.78 is 12.9. The average Bonchev–Trinajstić information content (AvgIpc) is 2.94. The molecule has 2 amide bonds. The first-order chi connectivity index (χ1) is 12.2. The second-order valence-corrected chi connectivity index (χ2v) is 7.97. The Morgan fingerprint density at radius 3 is 2.62 bits per heavy atom. The molecule has 6 nitrogen and oxygen atoms in total. The highest BCUT2D eigenvalue weighted by Gasteiger charge is 2.34. The van der Waals surface area contributed by atoms with Crippen LogP contribution in [0.2, 0.25) is 0 Å². The van der Waals surface area contributed by atoms with Crippen LogP contribution in [0.3, 0.4) is 0 Å². The third-order valence-corrected chi connectivity index (χ3v) is 5.05. The van der Waals surface area contributed by atoms with Crippen LogP contribution in [0.25, 0.3) is 0 Å². The van der Waals surface area contributed by atoms with Crippen molar-refractivity contribution in [2.75, 3.05) is 11.9 Å². The molecule has 2 N–H and O–H groups in total. The van der Waals surface area contributed by atoms with Crippen LogP contribution in [0.15, 0.2) is 24.3 Å². The molecular weight excluding hydrogens is 357 g/mol. The number of amides is 2. The van der Waals surface area contributed by atoms with E-state index in [1.807, 2.05) is 13.8 Å². The first kappa shape index (κ1) is 18.2. The number of fused-ring (bicyclic) bond motifs is 1. The number of nitrogens with zero attached hydrogens (tertiary/aromatic N) is 1. The van der Waals surface area contributed by atoms with Crippen LogP contribution >= 0.6 is 11.3 Å². The average molecular weight is 375 g/mol. The molecule has 1 aromatic heterocycles. The fourth-order valence-electron chi connectivity index (χ4n) is 2.80. The Kier molecular flexibility index (Phi) is 4.86. The van der Waals surface area contributed by atoms with E-state index in [1.54, 1.807) is 0 Å². The monoisotopic (exact) mass is 375 g/mol. The molecule has 8 heteroatoms. The second-order valence-electron chi connectivity index (χ2n) is 6.97. The molecule has 0 spiro atoms. The van der Waals surface area contributed by atoms with Gasteiger partial charge in [0.2, 0.25) is 5.91 Å². The topological polar surface area (TPSA) is 88.2 Å². The third-order valence-electron chi connectivity index (χ3n) is 4.00. The number of benzene rings is 1. The van der Waals surface area contributed by atoms with E-state index >= 15 is 0 Å². The quantitative estimate of drug-likeness (QED) is 0.860. The number of hydrogen-bond acceptors (Lipinski definition) is 5. The summed E-state index contributed by atoms with van der Waals surface area (Å²) in [5.41, 5.74) is 0.835. The van der Waals surface area contributed by atoms with Crippen molar-refractivity contribution in [1.82, 2.24) is 10.3 Å². The van der Waals surface area contributed by atoms with Crippen molar-refractivity contribution in [3.63, 3.8) is 0 Å². The van der Waals surface area contributed by atoms with Gasteiger partial charge in [-0.05, 0) is 36.1 Å². The lowest BCUT2D eigenvalue weighted by Gasteiger charge is -2.26. The minimum absolute atomic E-state index is 0.0406. The Morgan fingerprint density at radius 1 is 1.23 bits per heavy atom. The van der Waals surface area contributed by atoms with Gasteiger partial charge in [0.15, 0.2) is 10.9 Å². The summed E-state index contributed by atoms with van der Waals surface area (Å²) in [6, 6.07) is 5.02. The Balaban J connectivity index is 1.58. The molecule has 1 aromatic carbocycles. The van der Waals surface area contributed by atoms with Gasteiger partial charge in [0.1, 0.15) is 5.82 Å². The Labute approximate surface area is 153 Å². The van der Waals surface area contributed by atoms with Crippen molar-refractivity contribution in [3.8, 4) is 0 Å². The highest BCUT2D eigenvalue weighted by Crippen LogP contribution is 2.38. The van der Waals surface area contributed by atoms with Crippen molar-refractivity contribution in [1.29, 1.82) is 0 Å². The number of anilines is 1. The standard InChI is InChI=1S/C18H18FN3O3S/c1-18(2)7-12-15(13(23)8-18)26-17(21-12)22-14(24)9-20-16(25)10-3-5-11(19)6-4-10/h3-6H,7-9H2,1-2H3,(H,20,25)(H,21,22,24). The predicted molar refractivity (Wildman–Crippen MR) is 95.9 cm³/mol. The molecular formula is C18H18FN3O3S. The zero-order valence-corrected chi connectivity index (χ0v) is 15.2. The molecule has 0 fully saturated rings. The normalized spacial score (nSPS) is 15.3. The largest absolute Gasteiger partial charge is 0.343 e. The Morgan fingerprint density at radius 2 is 1.92 bits per heavy atom. The van der Waals surface area contributed by atoms with E-state index in [1.165, 1.54) is 24.3 Å². The zero-order valence-electron chi connectivity index (χ0n) is 14.4. The number of ketones is 1. The third kappa shape index (κ3) is 4.13. The molecule has 1 heterocycles. The number of hydrogen-bond donors (Lipinski definition) is 2. The molecule has 136 valence electrons. The first-order valence-electron chi connectivity index (χ1n) is 8.10. The van der Waals surface area contributed by atoms with Crippen molar-refractivity contribution < 1.29 is 18.8 Å². The number of rotatable bonds is 4. The molecule has 0 aliphatic heterocycles. The molecule has 0 atom stereocenters. The van der Waals surface area contributed by atoms with E-state index < -0.39 is 17.6 Å². The smallest absolute Gasteiger partial charge is 0.251 e. The first-order valence-corrected chi connectivity index (χ1v) is 8.92. The predicted octanol–water partition coefficient (Wildman–Crippen LogP) is 2.81. The summed E-state index contributed by atoms with van der Waals surface area (Å²) in [7, 11) is 0. The zero-order chi connectivity index (χ0) is 18.9. The summed E-state index contributed by atoms with van der Waals surface area (Å²) in [5, 5.41) is 5.41. The van der Waals surface area contributed by atoms with Crippen molar-refractivity contribution >= 4 is 34.1 Å². The van der Waals surface area contributed by atoms with Crippen LogP contribution in [0.4, 0.5) is 9.52 Å².